The Morgan fingerprint density at radius 2 is 1.74 bits per heavy atom. The van der Waals surface area contributed by atoms with E-state index in [9.17, 15) is 9.59 Å². The number of likely N-dealkylation sites (tertiary alicyclic amines) is 2. The van der Waals surface area contributed by atoms with Gasteiger partial charge in [0.05, 0.1) is 18.1 Å². The van der Waals surface area contributed by atoms with E-state index in [1.807, 2.05) is 56.5 Å². The molecule has 0 bridgehead atoms. The monoisotopic (exact) mass is 443 g/mol. The van der Waals surface area contributed by atoms with Crippen LogP contribution in [0.15, 0.2) is 35.7 Å². The second kappa shape index (κ2) is 8.86. The molecule has 3 heterocycles. The van der Waals surface area contributed by atoms with Crippen LogP contribution < -0.4 is 4.74 Å². The van der Waals surface area contributed by atoms with Gasteiger partial charge >= 0.3 is 6.09 Å². The van der Waals surface area contributed by atoms with E-state index in [0.29, 0.717) is 31.9 Å². The van der Waals surface area contributed by atoms with Crippen molar-refractivity contribution in [2.45, 2.75) is 51.2 Å². The van der Waals surface area contributed by atoms with Crippen LogP contribution in [0, 0.1) is 0 Å². The van der Waals surface area contributed by atoms with Gasteiger partial charge < -0.3 is 19.3 Å². The first-order chi connectivity index (χ1) is 14.8. The summed E-state index contributed by atoms with van der Waals surface area (Å²) in [6.07, 6.45) is 1.43. The Bertz CT molecular complexity index is 910. The Morgan fingerprint density at radius 1 is 1.06 bits per heavy atom. The van der Waals surface area contributed by atoms with Gasteiger partial charge in [-0.2, -0.15) is 0 Å². The molecule has 4 rings (SSSR count). The summed E-state index contributed by atoms with van der Waals surface area (Å²) in [5.41, 5.74) is 0.0215. The molecule has 8 heteroatoms. The van der Waals surface area contributed by atoms with E-state index in [-0.39, 0.29) is 24.0 Å². The number of ether oxygens (including phenoxy) is 2. The Balaban J connectivity index is 1.25. The molecule has 0 radical (unpaired) electrons. The topological polar surface area (TPSA) is 72.0 Å². The summed E-state index contributed by atoms with van der Waals surface area (Å²) < 4.78 is 11.3. The Labute approximate surface area is 187 Å². The number of hydrogen-bond donors (Lipinski definition) is 0. The Morgan fingerprint density at radius 3 is 2.39 bits per heavy atom. The lowest BCUT2D eigenvalue weighted by Gasteiger charge is -2.38. The van der Waals surface area contributed by atoms with Crippen molar-refractivity contribution in [1.29, 1.82) is 0 Å². The molecular weight excluding hydrogens is 414 g/mol. The van der Waals surface area contributed by atoms with Crippen molar-refractivity contribution < 1.29 is 19.1 Å². The van der Waals surface area contributed by atoms with Gasteiger partial charge in [0.15, 0.2) is 0 Å². The molecule has 0 atom stereocenters. The van der Waals surface area contributed by atoms with Gasteiger partial charge in [-0.25, -0.2) is 9.78 Å². The minimum absolute atomic E-state index is 0.0293. The highest BCUT2D eigenvalue weighted by atomic mass is 32.1. The number of carbonyl (C=O) groups excluding carboxylic acids is 2. The Kier molecular flexibility index (Phi) is 6.18. The largest absolute Gasteiger partial charge is 0.487 e. The summed E-state index contributed by atoms with van der Waals surface area (Å²) in [5.74, 6) is 1.06. The highest BCUT2D eigenvalue weighted by Gasteiger charge is 2.35. The number of rotatable bonds is 4. The van der Waals surface area contributed by atoms with E-state index >= 15 is 0 Å². The third-order valence-corrected chi connectivity index (χ3v) is 6.43. The highest BCUT2D eigenvalue weighted by molar-refractivity contribution is 7.09. The summed E-state index contributed by atoms with van der Waals surface area (Å²) in [6.45, 7) is 8.07. The van der Waals surface area contributed by atoms with Crippen LogP contribution in [-0.2, 0) is 4.74 Å². The van der Waals surface area contributed by atoms with Crippen LogP contribution in [0.25, 0.3) is 0 Å². The molecule has 2 fully saturated rings. The van der Waals surface area contributed by atoms with Crippen LogP contribution in [-0.4, -0.2) is 64.7 Å². The zero-order chi connectivity index (χ0) is 22.0. The van der Waals surface area contributed by atoms with Crippen molar-refractivity contribution in [3.05, 3.63) is 46.4 Å². The molecule has 2 aliphatic rings. The molecule has 0 saturated carbocycles. The second-order valence-electron chi connectivity index (χ2n) is 9.08. The lowest BCUT2D eigenvalue weighted by atomic mass is 9.98. The summed E-state index contributed by atoms with van der Waals surface area (Å²) in [4.78, 5) is 33.1. The molecule has 0 N–H and O–H groups in total. The number of hydrogen-bond acceptors (Lipinski definition) is 6. The first-order valence-corrected chi connectivity index (χ1v) is 11.6. The minimum atomic E-state index is -0.486. The normalized spacial score (nSPS) is 17.9. The average Bonchev–Trinajstić information content (AvgIpc) is 3.20. The first kappa shape index (κ1) is 21.6. The molecular formula is C23H29N3O4S. The number of amides is 2. The molecule has 0 unspecified atom stereocenters. The van der Waals surface area contributed by atoms with Gasteiger partial charge in [0.1, 0.15) is 23.1 Å². The number of piperidine rings is 1. The molecule has 2 aromatic rings. The van der Waals surface area contributed by atoms with Crippen LogP contribution in [0.2, 0.25) is 0 Å². The molecule has 2 aliphatic heterocycles. The van der Waals surface area contributed by atoms with Crippen LogP contribution in [0.4, 0.5) is 4.79 Å². The molecule has 2 amide bonds. The number of benzene rings is 1. The maximum Gasteiger partial charge on any atom is 0.410 e. The van der Waals surface area contributed by atoms with E-state index in [0.717, 1.165) is 23.6 Å². The molecule has 31 heavy (non-hydrogen) atoms. The number of carbonyl (C=O) groups is 2. The summed E-state index contributed by atoms with van der Waals surface area (Å²) >= 11 is 1.53. The quantitative estimate of drug-likeness (QED) is 0.710. The molecule has 1 aromatic carbocycles. The number of nitrogens with zero attached hydrogens (tertiary/aromatic N) is 3. The number of para-hydroxylation sites is 1. The van der Waals surface area contributed by atoms with E-state index in [4.69, 9.17) is 9.47 Å². The van der Waals surface area contributed by atoms with Crippen LogP contribution >= 0.6 is 11.3 Å². The van der Waals surface area contributed by atoms with Gasteiger partial charge in [-0.1, -0.05) is 18.2 Å². The lowest BCUT2D eigenvalue weighted by molar-refractivity contribution is 0.0174. The second-order valence-corrected chi connectivity index (χ2v) is 9.97. The zero-order valence-electron chi connectivity index (χ0n) is 18.2. The summed E-state index contributed by atoms with van der Waals surface area (Å²) in [7, 11) is 0. The fourth-order valence-corrected chi connectivity index (χ4v) is 4.71. The van der Waals surface area contributed by atoms with Crippen LogP contribution in [0.5, 0.6) is 5.75 Å². The van der Waals surface area contributed by atoms with Gasteiger partial charge in [-0.15, -0.1) is 11.3 Å². The van der Waals surface area contributed by atoms with Crippen molar-refractivity contribution in [3.8, 4) is 5.75 Å². The fraction of sp³-hybridized carbons (Fsp3) is 0.522. The predicted octanol–water partition coefficient (Wildman–Crippen LogP) is 4.16. The van der Waals surface area contributed by atoms with E-state index < -0.39 is 5.60 Å². The fourth-order valence-electron chi connectivity index (χ4n) is 3.74. The number of thiazole rings is 1. The van der Waals surface area contributed by atoms with Crippen molar-refractivity contribution in [1.82, 2.24) is 14.8 Å². The van der Waals surface area contributed by atoms with Crippen LogP contribution in [0.3, 0.4) is 0 Å². The van der Waals surface area contributed by atoms with Gasteiger partial charge in [0, 0.05) is 24.4 Å². The summed E-state index contributed by atoms with van der Waals surface area (Å²) in [5, 5.41) is 2.83. The van der Waals surface area contributed by atoms with Crippen molar-refractivity contribution in [2.24, 2.45) is 0 Å². The van der Waals surface area contributed by atoms with Gasteiger partial charge in [0.2, 0.25) is 0 Å². The minimum Gasteiger partial charge on any atom is -0.487 e. The summed E-state index contributed by atoms with van der Waals surface area (Å²) in [6, 6.07) is 9.67. The van der Waals surface area contributed by atoms with E-state index in [1.165, 1.54) is 11.3 Å². The van der Waals surface area contributed by atoms with E-state index in [2.05, 4.69) is 4.98 Å². The van der Waals surface area contributed by atoms with Crippen molar-refractivity contribution >= 4 is 23.3 Å². The maximum atomic E-state index is 12.7. The first-order valence-electron chi connectivity index (χ1n) is 10.7. The number of aromatic nitrogens is 1. The molecule has 1 aromatic heterocycles. The Hall–Kier alpha value is -2.61. The average molecular weight is 444 g/mol. The molecule has 0 spiro atoms. The van der Waals surface area contributed by atoms with Gasteiger partial charge in [0.25, 0.3) is 5.91 Å². The third-order valence-electron chi connectivity index (χ3n) is 5.42. The van der Waals surface area contributed by atoms with Gasteiger partial charge in [-0.3, -0.25) is 4.79 Å². The van der Waals surface area contributed by atoms with Crippen molar-refractivity contribution in [3.63, 3.8) is 0 Å². The van der Waals surface area contributed by atoms with Crippen molar-refractivity contribution in [2.75, 3.05) is 26.2 Å². The molecule has 2 saturated heterocycles. The molecule has 0 aliphatic carbocycles. The lowest BCUT2D eigenvalue weighted by Crippen LogP contribution is -2.56. The maximum absolute atomic E-state index is 12.7. The smallest absolute Gasteiger partial charge is 0.410 e. The predicted molar refractivity (Wildman–Crippen MR) is 119 cm³/mol. The molecule has 7 nitrogen and oxygen atoms in total. The third kappa shape index (κ3) is 5.36. The zero-order valence-corrected chi connectivity index (χ0v) is 19.1. The standard InChI is InChI=1S/C23H29N3O4S/c1-23(2,3)30-22(28)25-11-9-16(10-12-25)20-24-19(15-31-20)21(27)26-13-18(14-26)29-17-7-5-4-6-8-17/h4-8,15-16,18H,9-14H2,1-3H3. The van der Waals surface area contributed by atoms with E-state index in [1.54, 1.807) is 9.80 Å². The molecule has 166 valence electrons. The highest BCUT2D eigenvalue weighted by Crippen LogP contribution is 2.31. The van der Waals surface area contributed by atoms with Gasteiger partial charge in [-0.05, 0) is 45.7 Å². The SMILES string of the molecule is CC(C)(C)OC(=O)N1CCC(c2nc(C(=O)N3CC(Oc4ccccc4)C3)cs2)CC1. The van der Waals surface area contributed by atoms with Crippen LogP contribution in [0.1, 0.15) is 55.0 Å².